The Balaban J connectivity index is 4.80. The molecule has 0 amide bonds. The second kappa shape index (κ2) is 9.74. The van der Waals surface area contributed by atoms with E-state index in [0.29, 0.717) is 6.61 Å². The van der Waals surface area contributed by atoms with E-state index in [-0.39, 0.29) is 0 Å². The number of hydrogen-bond donors (Lipinski definition) is 0. The average molecular weight is 456 g/mol. The van der Waals surface area contributed by atoms with E-state index in [4.69, 9.17) is 16.5 Å². The molecule has 0 fully saturated rings. The first-order chi connectivity index (χ1) is 11.4. The third kappa shape index (κ3) is 13.5. The van der Waals surface area contributed by atoms with E-state index in [1.165, 1.54) is 6.47 Å². The van der Waals surface area contributed by atoms with Crippen LogP contribution in [0.25, 0.3) is 0 Å². The molecule has 0 aliphatic heterocycles. The molecule has 11 heteroatoms. The predicted octanol–water partition coefficient (Wildman–Crippen LogP) is 4.67. The SMILES string of the molecule is C[Si](C)(C)O[Si](C)(C)O[Si](C)(C)O[Si](C)(C)O[Si](C)(C)CCCO[C]=O. The Labute approximate surface area is 165 Å². The van der Waals surface area contributed by atoms with Crippen molar-refractivity contribution in [3.63, 3.8) is 0 Å². The lowest BCUT2D eigenvalue weighted by Gasteiger charge is -2.42. The molecule has 0 aromatic heterocycles. The van der Waals surface area contributed by atoms with E-state index in [2.05, 4.69) is 76.8 Å². The highest BCUT2D eigenvalue weighted by atomic mass is 28.5. The van der Waals surface area contributed by atoms with E-state index >= 15 is 0 Å². The predicted molar refractivity (Wildman–Crippen MR) is 119 cm³/mol. The number of ether oxygens (including phenoxy) is 1. The van der Waals surface area contributed by atoms with Gasteiger partial charge >= 0.3 is 32.2 Å². The molecule has 155 valence electrons. The highest BCUT2D eigenvalue weighted by Crippen LogP contribution is 2.27. The number of carbonyl (C=O) groups excluding carboxylic acids is 1. The van der Waals surface area contributed by atoms with Crippen LogP contribution in [0.15, 0.2) is 0 Å². The number of rotatable bonds is 13. The maximum Gasteiger partial charge on any atom is 0.417 e. The Kier molecular flexibility index (Phi) is 9.89. The van der Waals surface area contributed by atoms with Gasteiger partial charge < -0.3 is 21.2 Å². The van der Waals surface area contributed by atoms with Crippen LogP contribution >= 0.6 is 0 Å². The zero-order valence-electron chi connectivity index (χ0n) is 18.6. The second-order valence-corrected chi connectivity index (χ2v) is 29.4. The summed E-state index contributed by atoms with van der Waals surface area (Å²) in [5.74, 6) is 0. The maximum atomic E-state index is 10.1. The first-order valence-corrected chi connectivity index (χ1v) is 24.2. The minimum absolute atomic E-state index is 0.392. The molecule has 0 atom stereocenters. The Morgan fingerprint density at radius 3 is 1.50 bits per heavy atom. The van der Waals surface area contributed by atoms with Crippen molar-refractivity contribution in [1.82, 2.24) is 0 Å². The monoisotopic (exact) mass is 455 g/mol. The molecule has 0 unspecified atom stereocenters. The van der Waals surface area contributed by atoms with Gasteiger partial charge in [0, 0.05) is 0 Å². The normalized spacial score (nSPS) is 14.4. The quantitative estimate of drug-likeness (QED) is 0.297. The molecule has 0 heterocycles. The van der Waals surface area contributed by atoms with Gasteiger partial charge in [-0.2, -0.15) is 0 Å². The van der Waals surface area contributed by atoms with Crippen molar-refractivity contribution in [3.8, 4) is 0 Å². The Morgan fingerprint density at radius 1 is 0.654 bits per heavy atom. The Hall–Kier alpha value is 0.394. The summed E-state index contributed by atoms with van der Waals surface area (Å²) < 4.78 is 30.4. The van der Waals surface area contributed by atoms with Crippen LogP contribution in [-0.4, -0.2) is 55.4 Å². The van der Waals surface area contributed by atoms with Gasteiger partial charge in [-0.25, -0.2) is 4.79 Å². The highest BCUT2D eigenvalue weighted by molar-refractivity contribution is 6.90. The fourth-order valence-corrected chi connectivity index (χ4v) is 27.0. The van der Waals surface area contributed by atoms with Gasteiger partial charge in [-0.15, -0.1) is 0 Å². The lowest BCUT2D eigenvalue weighted by atomic mass is 10.5. The van der Waals surface area contributed by atoms with Crippen molar-refractivity contribution >= 4 is 48.8 Å². The highest BCUT2D eigenvalue weighted by Gasteiger charge is 2.44. The van der Waals surface area contributed by atoms with Gasteiger partial charge in [0.25, 0.3) is 0 Å². The zero-order chi connectivity index (χ0) is 20.9. The minimum Gasteiger partial charge on any atom is -0.457 e. The summed E-state index contributed by atoms with van der Waals surface area (Å²) in [5, 5.41) is 0. The van der Waals surface area contributed by atoms with Crippen LogP contribution in [0.3, 0.4) is 0 Å². The van der Waals surface area contributed by atoms with Gasteiger partial charge in [0.2, 0.25) is 0 Å². The van der Waals surface area contributed by atoms with Gasteiger partial charge in [0.15, 0.2) is 16.6 Å². The van der Waals surface area contributed by atoms with Crippen molar-refractivity contribution in [2.45, 2.75) is 84.5 Å². The Morgan fingerprint density at radius 2 is 1.08 bits per heavy atom. The molecular formula is C15H39O6Si5. The van der Waals surface area contributed by atoms with Gasteiger partial charge in [0.1, 0.15) is 0 Å². The molecule has 0 aliphatic carbocycles. The van der Waals surface area contributed by atoms with Crippen LogP contribution < -0.4 is 0 Å². The molecule has 26 heavy (non-hydrogen) atoms. The molecule has 6 nitrogen and oxygen atoms in total. The van der Waals surface area contributed by atoms with Crippen molar-refractivity contribution in [2.75, 3.05) is 6.61 Å². The molecular weight excluding hydrogens is 417 g/mol. The fraction of sp³-hybridized carbons (Fsp3) is 0.933. The summed E-state index contributed by atoms with van der Waals surface area (Å²) in [6.07, 6.45) is 0.792. The van der Waals surface area contributed by atoms with Crippen molar-refractivity contribution in [3.05, 3.63) is 0 Å². The van der Waals surface area contributed by atoms with Gasteiger partial charge in [-0.05, 0) is 84.5 Å². The first kappa shape index (κ1) is 26.4. The minimum atomic E-state index is -2.38. The molecule has 1 radical (unpaired) electrons. The lowest BCUT2D eigenvalue weighted by molar-refractivity contribution is 0.273. The van der Waals surface area contributed by atoms with Crippen LogP contribution in [0.2, 0.25) is 78.1 Å². The summed E-state index contributed by atoms with van der Waals surface area (Å²) >= 11 is 0. The van der Waals surface area contributed by atoms with Crippen LogP contribution in [-0.2, 0) is 26.0 Å². The Bertz CT molecular complexity index is 448. The molecule has 0 aliphatic rings. The van der Waals surface area contributed by atoms with Crippen molar-refractivity contribution < 1.29 is 26.0 Å². The van der Waals surface area contributed by atoms with E-state index in [1.54, 1.807) is 0 Å². The fourth-order valence-electron chi connectivity index (χ4n) is 3.31. The van der Waals surface area contributed by atoms with Crippen LogP contribution in [0.4, 0.5) is 0 Å². The largest absolute Gasteiger partial charge is 0.457 e. The topological polar surface area (TPSA) is 63.2 Å². The molecule has 0 aromatic carbocycles. The summed E-state index contributed by atoms with van der Waals surface area (Å²) in [4.78, 5) is 10.1. The molecule has 0 rings (SSSR count). The van der Waals surface area contributed by atoms with Crippen LogP contribution in [0.5, 0.6) is 0 Å². The molecule has 0 N–H and O–H groups in total. The third-order valence-electron chi connectivity index (χ3n) is 3.14. The molecule has 0 bridgehead atoms. The standard InChI is InChI=1S/C15H39O6Si5/c1-22(2,3)18-24(6,7)20-26(10,11)21-25(8,9)19-23(4,5)14-12-13-17-15-16/h12-14H2,1-11H3. The molecule has 0 aromatic rings. The molecule has 0 saturated carbocycles. The summed E-state index contributed by atoms with van der Waals surface area (Å²) in [7, 11) is -10.5. The number of hydrogen-bond acceptors (Lipinski definition) is 6. The second-order valence-electron chi connectivity index (χ2n) is 9.52. The van der Waals surface area contributed by atoms with Crippen LogP contribution in [0.1, 0.15) is 6.42 Å². The van der Waals surface area contributed by atoms with E-state index < -0.39 is 42.3 Å². The summed E-state index contributed by atoms with van der Waals surface area (Å²) in [5.41, 5.74) is 0. The zero-order valence-corrected chi connectivity index (χ0v) is 23.6. The lowest BCUT2D eigenvalue weighted by Crippen LogP contribution is -2.58. The van der Waals surface area contributed by atoms with E-state index in [1.807, 2.05) is 0 Å². The third-order valence-corrected chi connectivity index (χ3v) is 21.2. The van der Waals surface area contributed by atoms with Crippen molar-refractivity contribution in [2.24, 2.45) is 0 Å². The van der Waals surface area contributed by atoms with E-state index in [9.17, 15) is 4.79 Å². The molecule has 0 saturated heterocycles. The van der Waals surface area contributed by atoms with Crippen LogP contribution in [0, 0.1) is 0 Å². The van der Waals surface area contributed by atoms with Gasteiger partial charge in [0.05, 0.1) is 6.61 Å². The average Bonchev–Trinajstić information content (AvgIpc) is 2.26. The smallest absolute Gasteiger partial charge is 0.417 e. The summed E-state index contributed by atoms with van der Waals surface area (Å²) in [6, 6.07) is 0.913. The van der Waals surface area contributed by atoms with Crippen molar-refractivity contribution in [1.29, 1.82) is 0 Å². The van der Waals surface area contributed by atoms with Gasteiger partial charge in [-0.1, -0.05) is 0 Å². The summed E-state index contributed by atoms with van der Waals surface area (Å²) in [6.45, 7) is 25.3. The van der Waals surface area contributed by atoms with Gasteiger partial charge in [-0.3, -0.25) is 0 Å². The molecule has 0 spiro atoms. The maximum absolute atomic E-state index is 10.1. The van der Waals surface area contributed by atoms with E-state index in [0.717, 1.165) is 12.5 Å². The first-order valence-electron chi connectivity index (χ1n) is 9.18.